The molecule has 5 nitrogen and oxygen atoms in total. The summed E-state index contributed by atoms with van der Waals surface area (Å²) in [7, 11) is 9.62. The molecule has 0 aliphatic rings. The quantitative estimate of drug-likeness (QED) is 0.865. The van der Waals surface area contributed by atoms with Gasteiger partial charge in [-0.25, -0.2) is 0 Å². The molecule has 0 fully saturated rings. The van der Waals surface area contributed by atoms with Gasteiger partial charge in [0.2, 0.25) is 0 Å². The molecule has 0 saturated carbocycles. The number of rotatable bonds is 4. The predicted octanol–water partition coefficient (Wildman–Crippen LogP) is 3.33. The largest absolute Gasteiger partial charge is 0.378 e. The monoisotopic (exact) mass is 319 g/mol. The maximum Gasteiger partial charge on any atom is 0.101 e. The fourth-order valence-electron chi connectivity index (χ4n) is 2.50. The second-order valence-electron chi connectivity index (χ2n) is 5.97. The van der Waals surface area contributed by atoms with Gasteiger partial charge >= 0.3 is 0 Å². The maximum absolute atomic E-state index is 9.50. The van der Waals surface area contributed by atoms with Crippen molar-refractivity contribution in [3.05, 3.63) is 47.5 Å². The Labute approximate surface area is 143 Å². The van der Waals surface area contributed by atoms with Gasteiger partial charge in [0.1, 0.15) is 12.1 Å². The van der Waals surface area contributed by atoms with E-state index in [1.54, 1.807) is 0 Å². The van der Waals surface area contributed by atoms with E-state index in [0.29, 0.717) is 11.1 Å². The molecule has 0 N–H and O–H groups in total. The van der Waals surface area contributed by atoms with E-state index in [4.69, 9.17) is 0 Å². The molecule has 5 heteroatoms. The van der Waals surface area contributed by atoms with Crippen LogP contribution in [0.25, 0.3) is 0 Å². The zero-order valence-electron chi connectivity index (χ0n) is 14.7. The Bertz CT molecular complexity index is 755. The molecule has 2 aromatic rings. The minimum absolute atomic E-state index is 0.573. The first-order chi connectivity index (χ1) is 11.4. The van der Waals surface area contributed by atoms with E-state index in [1.165, 1.54) is 0 Å². The van der Waals surface area contributed by atoms with Gasteiger partial charge in [-0.3, -0.25) is 0 Å². The van der Waals surface area contributed by atoms with E-state index in [0.717, 1.165) is 22.7 Å². The molecule has 0 bridgehead atoms. The molecule has 0 aliphatic heterocycles. The Hall–Kier alpha value is -3.18. The van der Waals surface area contributed by atoms with Crippen molar-refractivity contribution >= 4 is 22.7 Å². The highest BCUT2D eigenvalue weighted by molar-refractivity contribution is 5.76. The fraction of sp³-hybridized carbons (Fsp3) is 0.263. The second kappa shape index (κ2) is 6.93. The Morgan fingerprint density at radius 2 is 1.04 bits per heavy atom. The van der Waals surface area contributed by atoms with E-state index < -0.39 is 0 Å². The first-order valence-corrected chi connectivity index (χ1v) is 7.55. The van der Waals surface area contributed by atoms with E-state index in [2.05, 4.69) is 12.1 Å². The van der Waals surface area contributed by atoms with Gasteiger partial charge in [0, 0.05) is 46.6 Å². The Kier molecular flexibility index (Phi) is 4.96. The minimum atomic E-state index is 0.573. The third kappa shape index (κ3) is 3.26. The highest BCUT2D eigenvalue weighted by Crippen LogP contribution is 2.33. The first kappa shape index (κ1) is 17.2. The van der Waals surface area contributed by atoms with Gasteiger partial charge in [-0.15, -0.1) is 0 Å². The molecule has 2 aromatic carbocycles. The number of hydrogen-bond donors (Lipinski definition) is 0. The van der Waals surface area contributed by atoms with E-state index in [1.807, 2.05) is 86.3 Å². The number of benzene rings is 2. The molecular formula is C19H21N5. The highest BCUT2D eigenvalue weighted by atomic mass is 15.1. The lowest BCUT2D eigenvalue weighted by Crippen LogP contribution is -2.15. The van der Waals surface area contributed by atoms with E-state index in [-0.39, 0.29) is 0 Å². The van der Waals surface area contributed by atoms with Crippen molar-refractivity contribution in [3.8, 4) is 12.1 Å². The molecular weight excluding hydrogens is 298 g/mol. The lowest BCUT2D eigenvalue weighted by atomic mass is 10.1. The molecule has 0 amide bonds. The Morgan fingerprint density at radius 3 is 1.33 bits per heavy atom. The van der Waals surface area contributed by atoms with Gasteiger partial charge in [0.15, 0.2) is 0 Å². The average Bonchev–Trinajstić information content (AvgIpc) is 2.59. The van der Waals surface area contributed by atoms with Crippen LogP contribution in [-0.2, 0) is 0 Å². The van der Waals surface area contributed by atoms with Gasteiger partial charge in [-0.1, -0.05) is 0 Å². The van der Waals surface area contributed by atoms with Crippen LogP contribution in [0.2, 0.25) is 0 Å². The molecule has 0 spiro atoms. The maximum atomic E-state index is 9.50. The normalized spacial score (nSPS) is 9.79. The van der Waals surface area contributed by atoms with Crippen LogP contribution in [0.5, 0.6) is 0 Å². The average molecular weight is 319 g/mol. The van der Waals surface area contributed by atoms with Gasteiger partial charge in [0.25, 0.3) is 0 Å². The van der Waals surface area contributed by atoms with Crippen LogP contribution >= 0.6 is 0 Å². The number of nitriles is 2. The topological polar surface area (TPSA) is 57.3 Å². The van der Waals surface area contributed by atoms with Crippen LogP contribution in [0, 0.1) is 22.7 Å². The number of anilines is 4. The molecule has 0 heterocycles. The zero-order chi connectivity index (χ0) is 17.9. The van der Waals surface area contributed by atoms with Crippen LogP contribution in [0.4, 0.5) is 22.7 Å². The van der Waals surface area contributed by atoms with Gasteiger partial charge in [-0.2, -0.15) is 10.5 Å². The van der Waals surface area contributed by atoms with Crippen LogP contribution in [0.15, 0.2) is 36.4 Å². The van der Waals surface area contributed by atoms with Crippen molar-refractivity contribution in [1.82, 2.24) is 0 Å². The van der Waals surface area contributed by atoms with Crippen molar-refractivity contribution < 1.29 is 0 Å². The van der Waals surface area contributed by atoms with Crippen molar-refractivity contribution in [3.63, 3.8) is 0 Å². The molecule has 0 aliphatic carbocycles. The third-order valence-corrected chi connectivity index (χ3v) is 3.96. The highest BCUT2D eigenvalue weighted by Gasteiger charge is 2.15. The predicted molar refractivity (Wildman–Crippen MR) is 99.0 cm³/mol. The van der Waals surface area contributed by atoms with E-state index in [9.17, 15) is 10.5 Å². The van der Waals surface area contributed by atoms with Gasteiger partial charge in [0.05, 0.1) is 22.5 Å². The van der Waals surface area contributed by atoms with Crippen LogP contribution < -0.4 is 14.7 Å². The summed E-state index contributed by atoms with van der Waals surface area (Å²) >= 11 is 0. The summed E-state index contributed by atoms with van der Waals surface area (Å²) in [5.41, 5.74) is 4.63. The van der Waals surface area contributed by atoms with Crippen LogP contribution in [0.3, 0.4) is 0 Å². The SMILES string of the molecule is CN(C)c1ccc(N(C)c2ccc(N(C)C)cc2C#N)c(C#N)c1. The lowest BCUT2D eigenvalue weighted by Gasteiger charge is -2.24. The van der Waals surface area contributed by atoms with Crippen molar-refractivity contribution in [2.45, 2.75) is 0 Å². The lowest BCUT2D eigenvalue weighted by molar-refractivity contribution is 1.11. The molecule has 0 unspecified atom stereocenters. The standard InChI is InChI=1S/C19H21N5/c1-22(2)16-6-8-18(14(10-16)12-20)24(5)19-9-7-17(23(3)4)11-15(19)13-21/h6-11H,1-5H3. The summed E-state index contributed by atoms with van der Waals surface area (Å²) in [4.78, 5) is 5.80. The third-order valence-electron chi connectivity index (χ3n) is 3.96. The summed E-state index contributed by atoms with van der Waals surface area (Å²) in [5, 5.41) is 19.0. The summed E-state index contributed by atoms with van der Waals surface area (Å²) < 4.78 is 0. The summed E-state index contributed by atoms with van der Waals surface area (Å²) in [5.74, 6) is 0. The molecule has 0 saturated heterocycles. The van der Waals surface area contributed by atoms with Crippen molar-refractivity contribution in [2.75, 3.05) is 49.9 Å². The molecule has 0 aromatic heterocycles. The van der Waals surface area contributed by atoms with Gasteiger partial charge < -0.3 is 14.7 Å². The van der Waals surface area contributed by atoms with E-state index >= 15 is 0 Å². The Balaban J connectivity index is 2.52. The fourth-order valence-corrected chi connectivity index (χ4v) is 2.50. The molecule has 0 atom stereocenters. The van der Waals surface area contributed by atoms with Crippen LogP contribution in [-0.4, -0.2) is 35.2 Å². The zero-order valence-corrected chi connectivity index (χ0v) is 14.7. The summed E-state index contributed by atoms with van der Waals surface area (Å²) in [6.45, 7) is 0. The summed E-state index contributed by atoms with van der Waals surface area (Å²) in [6, 6.07) is 16.0. The van der Waals surface area contributed by atoms with Crippen molar-refractivity contribution in [2.24, 2.45) is 0 Å². The molecule has 2 rings (SSSR count). The molecule has 0 radical (unpaired) electrons. The number of nitrogens with zero attached hydrogens (tertiary/aromatic N) is 5. The minimum Gasteiger partial charge on any atom is -0.378 e. The molecule has 24 heavy (non-hydrogen) atoms. The van der Waals surface area contributed by atoms with Gasteiger partial charge in [-0.05, 0) is 36.4 Å². The van der Waals surface area contributed by atoms with Crippen LogP contribution in [0.1, 0.15) is 11.1 Å². The summed E-state index contributed by atoms with van der Waals surface area (Å²) in [6.07, 6.45) is 0. The Morgan fingerprint density at radius 1 is 0.667 bits per heavy atom. The van der Waals surface area contributed by atoms with Crippen molar-refractivity contribution in [1.29, 1.82) is 10.5 Å². The first-order valence-electron chi connectivity index (χ1n) is 7.55. The molecule has 122 valence electrons. The smallest absolute Gasteiger partial charge is 0.101 e. The second-order valence-corrected chi connectivity index (χ2v) is 5.97. The number of hydrogen-bond acceptors (Lipinski definition) is 5.